The van der Waals surface area contributed by atoms with Crippen LogP contribution < -0.4 is 5.73 Å². The summed E-state index contributed by atoms with van der Waals surface area (Å²) >= 11 is 4.69. The number of thiophene rings is 1. The number of anilines is 1. The zero-order chi connectivity index (χ0) is 9.42. The summed E-state index contributed by atoms with van der Waals surface area (Å²) in [6, 6.07) is 3.88. The largest absolute Gasteiger partial charge is 0.389 e. The lowest BCUT2D eigenvalue weighted by Gasteiger charge is -1.91. The molecule has 0 radical (unpaired) electrons. The van der Waals surface area contributed by atoms with Crippen molar-refractivity contribution in [1.82, 2.24) is 4.98 Å². The summed E-state index contributed by atoms with van der Waals surface area (Å²) in [5.41, 5.74) is 6.18. The first-order valence-corrected chi connectivity index (χ1v) is 5.07. The lowest BCUT2D eigenvalue weighted by atomic mass is 10.2. The summed E-state index contributed by atoms with van der Waals surface area (Å²) in [5, 5.41) is 10.2. The molecule has 0 aliphatic rings. The van der Waals surface area contributed by atoms with Crippen LogP contribution in [0.5, 0.6) is 0 Å². The van der Waals surface area contributed by atoms with Crippen molar-refractivity contribution in [2.75, 3.05) is 5.73 Å². The Labute approximate surface area is 86.9 Å². The first kappa shape index (κ1) is 8.48. The van der Waals surface area contributed by atoms with Crippen molar-refractivity contribution in [3.05, 3.63) is 22.3 Å². The molecule has 0 fully saturated rings. The van der Waals surface area contributed by atoms with Gasteiger partial charge in [0.05, 0.1) is 5.56 Å². The van der Waals surface area contributed by atoms with E-state index in [4.69, 9.17) is 11.0 Å². The maximum atomic E-state index is 8.86. The molecule has 0 unspecified atom stereocenters. The molecule has 0 bridgehead atoms. The average molecular weight is 254 g/mol. The van der Waals surface area contributed by atoms with Gasteiger partial charge in [-0.3, -0.25) is 0 Å². The van der Waals surface area contributed by atoms with Gasteiger partial charge >= 0.3 is 0 Å². The van der Waals surface area contributed by atoms with Gasteiger partial charge in [-0.15, -0.1) is 0 Å². The van der Waals surface area contributed by atoms with Gasteiger partial charge in [0.2, 0.25) is 0 Å². The summed E-state index contributed by atoms with van der Waals surface area (Å²) in [6.07, 6.45) is 1.68. The van der Waals surface area contributed by atoms with Crippen molar-refractivity contribution >= 4 is 42.5 Å². The Kier molecular flexibility index (Phi) is 1.94. The van der Waals surface area contributed by atoms with E-state index in [1.165, 1.54) is 11.3 Å². The maximum absolute atomic E-state index is 8.86. The molecule has 13 heavy (non-hydrogen) atoms. The molecule has 0 saturated heterocycles. The minimum Gasteiger partial charge on any atom is -0.389 e. The third-order valence-electron chi connectivity index (χ3n) is 1.68. The maximum Gasteiger partial charge on any atom is 0.127 e. The van der Waals surface area contributed by atoms with Crippen LogP contribution in [0.3, 0.4) is 0 Å². The van der Waals surface area contributed by atoms with Crippen molar-refractivity contribution in [3.8, 4) is 6.07 Å². The quantitative estimate of drug-likeness (QED) is 0.785. The van der Waals surface area contributed by atoms with Gasteiger partial charge in [0.1, 0.15) is 15.9 Å². The second-order valence-electron chi connectivity index (χ2n) is 2.43. The van der Waals surface area contributed by atoms with E-state index in [1.54, 1.807) is 12.3 Å². The van der Waals surface area contributed by atoms with Crippen LogP contribution in [0.1, 0.15) is 5.56 Å². The summed E-state index contributed by atoms with van der Waals surface area (Å²) in [5.74, 6) is 0. The molecule has 0 aliphatic heterocycles. The highest BCUT2D eigenvalue weighted by Crippen LogP contribution is 2.35. The van der Waals surface area contributed by atoms with Gasteiger partial charge in [0, 0.05) is 16.1 Å². The fourth-order valence-corrected chi connectivity index (χ4v) is 2.63. The summed E-state index contributed by atoms with van der Waals surface area (Å²) in [7, 11) is 0. The van der Waals surface area contributed by atoms with Crippen LogP contribution in [-0.4, -0.2) is 4.98 Å². The third-order valence-corrected chi connectivity index (χ3v) is 3.27. The highest BCUT2D eigenvalue weighted by atomic mass is 79.9. The lowest BCUT2D eigenvalue weighted by Crippen LogP contribution is -1.82. The number of fused-ring (bicyclic) bond motifs is 1. The van der Waals surface area contributed by atoms with Crippen molar-refractivity contribution in [1.29, 1.82) is 5.26 Å². The SMILES string of the molecule is N#Cc1c(N)sc2nccc(Br)c12. The molecule has 2 heterocycles. The molecule has 0 saturated carbocycles. The number of aromatic nitrogens is 1. The van der Waals surface area contributed by atoms with Gasteiger partial charge in [0.15, 0.2) is 0 Å². The topological polar surface area (TPSA) is 62.7 Å². The van der Waals surface area contributed by atoms with E-state index < -0.39 is 0 Å². The average Bonchev–Trinajstić information content (AvgIpc) is 2.42. The van der Waals surface area contributed by atoms with E-state index in [0.29, 0.717) is 10.6 Å². The molecule has 0 aliphatic carbocycles. The van der Waals surface area contributed by atoms with E-state index in [-0.39, 0.29) is 0 Å². The Morgan fingerprint density at radius 1 is 1.62 bits per heavy atom. The Balaban J connectivity index is 2.99. The standard InChI is InChI=1S/C8H4BrN3S/c9-5-1-2-12-8-6(5)4(3-10)7(11)13-8/h1-2H,11H2. The fraction of sp³-hybridized carbons (Fsp3) is 0. The monoisotopic (exact) mass is 253 g/mol. The molecular weight excluding hydrogens is 250 g/mol. The number of pyridine rings is 1. The van der Waals surface area contributed by atoms with Gasteiger partial charge in [0.25, 0.3) is 0 Å². The molecule has 2 N–H and O–H groups in total. The molecule has 0 spiro atoms. The number of hydrogen-bond acceptors (Lipinski definition) is 4. The summed E-state index contributed by atoms with van der Waals surface area (Å²) < 4.78 is 0.863. The third kappa shape index (κ3) is 1.19. The molecular formula is C8H4BrN3S. The predicted octanol–water partition coefficient (Wildman–Crippen LogP) is 2.51. The molecule has 64 valence electrons. The van der Waals surface area contributed by atoms with Gasteiger partial charge < -0.3 is 5.73 Å². The van der Waals surface area contributed by atoms with Gasteiger partial charge in [-0.2, -0.15) is 5.26 Å². The first-order chi connectivity index (χ1) is 6.24. The number of hydrogen-bond donors (Lipinski definition) is 1. The number of nitrogens with two attached hydrogens (primary N) is 1. The second-order valence-corrected chi connectivity index (χ2v) is 4.31. The summed E-state index contributed by atoms with van der Waals surface area (Å²) in [6.45, 7) is 0. The van der Waals surface area contributed by atoms with Crippen LogP contribution in [0, 0.1) is 11.3 Å². The van der Waals surface area contributed by atoms with E-state index in [1.807, 2.05) is 0 Å². The Morgan fingerprint density at radius 3 is 3.08 bits per heavy atom. The molecule has 2 rings (SSSR count). The predicted molar refractivity (Wildman–Crippen MR) is 56.4 cm³/mol. The van der Waals surface area contributed by atoms with E-state index in [2.05, 4.69) is 27.0 Å². The molecule has 5 heteroatoms. The Bertz CT molecular complexity index is 512. The van der Waals surface area contributed by atoms with Crippen molar-refractivity contribution < 1.29 is 0 Å². The number of nitriles is 1. The Morgan fingerprint density at radius 2 is 2.38 bits per heavy atom. The molecule has 0 atom stereocenters. The first-order valence-electron chi connectivity index (χ1n) is 3.46. The minimum atomic E-state index is 0.514. The molecule has 2 aromatic heterocycles. The van der Waals surface area contributed by atoms with Crippen molar-refractivity contribution in [2.45, 2.75) is 0 Å². The second kappa shape index (κ2) is 2.98. The zero-order valence-electron chi connectivity index (χ0n) is 6.41. The van der Waals surface area contributed by atoms with Gasteiger partial charge in [-0.05, 0) is 22.0 Å². The lowest BCUT2D eigenvalue weighted by molar-refractivity contribution is 1.43. The van der Waals surface area contributed by atoms with Crippen LogP contribution in [0.4, 0.5) is 5.00 Å². The molecule has 0 amide bonds. The van der Waals surface area contributed by atoms with Crippen LogP contribution in [0.2, 0.25) is 0 Å². The Hall–Kier alpha value is -1.12. The highest BCUT2D eigenvalue weighted by molar-refractivity contribution is 9.10. The van der Waals surface area contributed by atoms with Gasteiger partial charge in [-0.1, -0.05) is 11.3 Å². The van der Waals surface area contributed by atoms with Crippen LogP contribution in [0.25, 0.3) is 10.2 Å². The van der Waals surface area contributed by atoms with Crippen molar-refractivity contribution in [2.24, 2.45) is 0 Å². The number of halogens is 1. The smallest absolute Gasteiger partial charge is 0.127 e. The number of rotatable bonds is 0. The summed E-state index contributed by atoms with van der Waals surface area (Å²) in [4.78, 5) is 4.92. The fourth-order valence-electron chi connectivity index (χ4n) is 1.11. The van der Waals surface area contributed by atoms with Crippen LogP contribution in [0.15, 0.2) is 16.7 Å². The normalized spacial score (nSPS) is 10.2. The van der Waals surface area contributed by atoms with Crippen molar-refractivity contribution in [3.63, 3.8) is 0 Å². The molecule has 0 aromatic carbocycles. The molecule has 2 aromatic rings. The van der Waals surface area contributed by atoms with E-state index >= 15 is 0 Å². The van der Waals surface area contributed by atoms with Crippen LogP contribution >= 0.6 is 27.3 Å². The zero-order valence-corrected chi connectivity index (χ0v) is 8.82. The molecule has 3 nitrogen and oxygen atoms in total. The number of nitrogens with zero attached hydrogens (tertiary/aromatic N) is 2. The minimum absolute atomic E-state index is 0.514. The van der Waals surface area contributed by atoms with E-state index in [0.717, 1.165) is 14.7 Å². The number of nitrogen functional groups attached to an aromatic ring is 1. The van der Waals surface area contributed by atoms with Crippen LogP contribution in [-0.2, 0) is 0 Å². The highest BCUT2D eigenvalue weighted by Gasteiger charge is 2.12. The van der Waals surface area contributed by atoms with Gasteiger partial charge in [-0.25, -0.2) is 4.98 Å². The van der Waals surface area contributed by atoms with E-state index in [9.17, 15) is 0 Å².